The van der Waals surface area contributed by atoms with Crippen LogP contribution in [0.15, 0.2) is 35.7 Å². The zero-order chi connectivity index (χ0) is 14.7. The topological polar surface area (TPSA) is 12.0 Å². The number of benzene rings is 1. The Morgan fingerprint density at radius 3 is 2.67 bits per heavy atom. The van der Waals surface area contributed by atoms with Crippen molar-refractivity contribution in [1.29, 1.82) is 0 Å². The van der Waals surface area contributed by atoms with E-state index in [1.807, 2.05) is 29.5 Å². The van der Waals surface area contributed by atoms with Gasteiger partial charge >= 0.3 is 0 Å². The van der Waals surface area contributed by atoms with Crippen molar-refractivity contribution in [2.45, 2.75) is 38.3 Å². The van der Waals surface area contributed by atoms with E-state index in [2.05, 4.69) is 22.8 Å². The van der Waals surface area contributed by atoms with Crippen molar-refractivity contribution >= 4 is 34.5 Å². The molecule has 0 spiro atoms. The second-order valence-electron chi connectivity index (χ2n) is 5.63. The number of halogens is 2. The zero-order valence-corrected chi connectivity index (χ0v) is 14.1. The quantitative estimate of drug-likeness (QED) is 0.696. The van der Waals surface area contributed by atoms with Crippen molar-refractivity contribution in [2.24, 2.45) is 5.92 Å². The standard InChI is InChI=1S/C17H19Cl2NS/c18-14-8-3-7-13(16(14)19)11-20-17(12-5-1-2-6-12)15-9-4-10-21-15/h3-4,7-10,12,17,20H,1-2,5-6,11H2. The summed E-state index contributed by atoms with van der Waals surface area (Å²) >= 11 is 14.2. The van der Waals surface area contributed by atoms with Crippen LogP contribution in [0.4, 0.5) is 0 Å². The third-order valence-corrected chi connectivity index (χ3v) is 6.08. The van der Waals surface area contributed by atoms with Crippen LogP contribution in [0.3, 0.4) is 0 Å². The zero-order valence-electron chi connectivity index (χ0n) is 11.8. The molecule has 3 rings (SSSR count). The Hall–Kier alpha value is -0.540. The van der Waals surface area contributed by atoms with Crippen LogP contribution in [0.5, 0.6) is 0 Å². The van der Waals surface area contributed by atoms with Gasteiger partial charge in [0.15, 0.2) is 0 Å². The van der Waals surface area contributed by atoms with Gasteiger partial charge in [-0.3, -0.25) is 0 Å². The van der Waals surface area contributed by atoms with Crippen molar-refractivity contribution in [3.05, 3.63) is 56.2 Å². The first-order chi connectivity index (χ1) is 10.3. The summed E-state index contributed by atoms with van der Waals surface area (Å²) in [6.07, 6.45) is 5.34. The number of hydrogen-bond donors (Lipinski definition) is 1. The van der Waals surface area contributed by atoms with Gasteiger partial charge in [-0.25, -0.2) is 0 Å². The Balaban J connectivity index is 1.74. The Morgan fingerprint density at radius 2 is 1.95 bits per heavy atom. The summed E-state index contributed by atoms with van der Waals surface area (Å²) in [6, 6.07) is 10.6. The van der Waals surface area contributed by atoms with E-state index in [0.717, 1.165) is 18.0 Å². The van der Waals surface area contributed by atoms with Crippen molar-refractivity contribution in [1.82, 2.24) is 5.32 Å². The molecule has 4 heteroatoms. The van der Waals surface area contributed by atoms with Crippen LogP contribution in [-0.4, -0.2) is 0 Å². The van der Waals surface area contributed by atoms with E-state index in [1.54, 1.807) is 0 Å². The minimum atomic E-state index is 0.433. The first-order valence-corrected chi connectivity index (χ1v) is 9.09. The smallest absolute Gasteiger partial charge is 0.0637 e. The van der Waals surface area contributed by atoms with Gasteiger partial charge in [0.05, 0.1) is 10.0 Å². The number of hydrogen-bond acceptors (Lipinski definition) is 2. The molecule has 0 saturated heterocycles. The monoisotopic (exact) mass is 339 g/mol. The van der Waals surface area contributed by atoms with Crippen molar-refractivity contribution < 1.29 is 0 Å². The molecular weight excluding hydrogens is 321 g/mol. The highest BCUT2D eigenvalue weighted by Gasteiger charge is 2.26. The molecular formula is C17H19Cl2NS. The lowest BCUT2D eigenvalue weighted by atomic mass is 9.96. The maximum Gasteiger partial charge on any atom is 0.0637 e. The maximum atomic E-state index is 6.29. The SMILES string of the molecule is Clc1cccc(CNC(c2cccs2)C2CCCC2)c1Cl. The highest BCUT2D eigenvalue weighted by Crippen LogP contribution is 2.37. The van der Waals surface area contributed by atoms with Crippen LogP contribution < -0.4 is 5.32 Å². The molecule has 1 aliphatic carbocycles. The molecule has 0 radical (unpaired) electrons. The summed E-state index contributed by atoms with van der Waals surface area (Å²) in [4.78, 5) is 1.43. The summed E-state index contributed by atoms with van der Waals surface area (Å²) in [5.41, 5.74) is 1.07. The first-order valence-electron chi connectivity index (χ1n) is 7.45. The number of rotatable bonds is 5. The van der Waals surface area contributed by atoms with Gasteiger partial charge in [0.25, 0.3) is 0 Å². The summed E-state index contributed by atoms with van der Waals surface area (Å²) < 4.78 is 0. The van der Waals surface area contributed by atoms with E-state index >= 15 is 0 Å². The summed E-state index contributed by atoms with van der Waals surface area (Å²) in [7, 11) is 0. The Labute approximate surface area is 140 Å². The highest BCUT2D eigenvalue weighted by molar-refractivity contribution is 7.10. The second-order valence-corrected chi connectivity index (χ2v) is 7.40. The van der Waals surface area contributed by atoms with Crippen LogP contribution in [0.1, 0.15) is 42.2 Å². The van der Waals surface area contributed by atoms with Crippen LogP contribution >= 0.6 is 34.5 Å². The summed E-state index contributed by atoms with van der Waals surface area (Å²) in [6.45, 7) is 0.762. The third kappa shape index (κ3) is 3.62. The molecule has 21 heavy (non-hydrogen) atoms. The Bertz CT molecular complexity index is 576. The average molecular weight is 340 g/mol. The largest absolute Gasteiger partial charge is 0.305 e. The van der Waals surface area contributed by atoms with E-state index in [0.29, 0.717) is 16.1 Å². The second kappa shape index (κ2) is 7.15. The Morgan fingerprint density at radius 1 is 1.14 bits per heavy atom. The highest BCUT2D eigenvalue weighted by atomic mass is 35.5. The maximum absolute atomic E-state index is 6.29. The molecule has 112 valence electrons. The van der Waals surface area contributed by atoms with Crippen molar-refractivity contribution in [2.75, 3.05) is 0 Å². The van der Waals surface area contributed by atoms with Gasteiger partial charge in [-0.05, 0) is 41.8 Å². The third-order valence-electron chi connectivity index (χ3n) is 4.26. The van der Waals surface area contributed by atoms with Crippen molar-refractivity contribution in [3.63, 3.8) is 0 Å². The molecule has 1 saturated carbocycles. The van der Waals surface area contributed by atoms with Gasteiger partial charge in [0.2, 0.25) is 0 Å². The summed E-state index contributed by atoms with van der Waals surface area (Å²) in [5.74, 6) is 0.738. The molecule has 1 fully saturated rings. The first kappa shape index (κ1) is 15.4. The van der Waals surface area contributed by atoms with Gasteiger partial charge in [-0.1, -0.05) is 54.2 Å². The van der Waals surface area contributed by atoms with Gasteiger partial charge < -0.3 is 5.32 Å². The van der Waals surface area contributed by atoms with E-state index in [9.17, 15) is 0 Å². The van der Waals surface area contributed by atoms with E-state index in [1.165, 1.54) is 30.6 Å². The van der Waals surface area contributed by atoms with Gasteiger partial charge in [0, 0.05) is 17.5 Å². The lowest BCUT2D eigenvalue weighted by Crippen LogP contribution is -2.26. The average Bonchev–Trinajstić information content (AvgIpc) is 3.17. The minimum absolute atomic E-state index is 0.433. The molecule has 1 heterocycles. The predicted octanol–water partition coefficient (Wildman–Crippen LogP) is 6.08. The van der Waals surface area contributed by atoms with Crippen LogP contribution in [0.25, 0.3) is 0 Å². The normalized spacial score (nSPS) is 17.2. The van der Waals surface area contributed by atoms with Gasteiger partial charge in [-0.2, -0.15) is 0 Å². The molecule has 1 unspecified atom stereocenters. The molecule has 0 amide bonds. The van der Waals surface area contributed by atoms with E-state index < -0.39 is 0 Å². The Kier molecular flexibility index (Phi) is 5.23. The van der Waals surface area contributed by atoms with Crippen LogP contribution in [0.2, 0.25) is 10.0 Å². The van der Waals surface area contributed by atoms with Crippen LogP contribution in [0, 0.1) is 5.92 Å². The van der Waals surface area contributed by atoms with Gasteiger partial charge in [0.1, 0.15) is 0 Å². The summed E-state index contributed by atoms with van der Waals surface area (Å²) in [5, 5.41) is 7.17. The van der Waals surface area contributed by atoms with E-state index in [4.69, 9.17) is 23.2 Å². The molecule has 1 nitrogen and oxygen atoms in total. The molecule has 1 N–H and O–H groups in total. The van der Waals surface area contributed by atoms with E-state index in [-0.39, 0.29) is 0 Å². The lowest BCUT2D eigenvalue weighted by Gasteiger charge is -2.24. The molecule has 0 bridgehead atoms. The molecule has 1 aromatic carbocycles. The molecule has 1 aromatic heterocycles. The van der Waals surface area contributed by atoms with Crippen LogP contribution in [-0.2, 0) is 6.54 Å². The molecule has 0 aliphatic heterocycles. The fourth-order valence-corrected chi connectivity index (χ4v) is 4.44. The fraction of sp³-hybridized carbons (Fsp3) is 0.412. The number of thiophene rings is 1. The molecule has 1 aliphatic rings. The minimum Gasteiger partial charge on any atom is -0.305 e. The van der Waals surface area contributed by atoms with Gasteiger partial charge in [-0.15, -0.1) is 11.3 Å². The predicted molar refractivity (Wildman–Crippen MR) is 92.3 cm³/mol. The lowest BCUT2D eigenvalue weighted by molar-refractivity contribution is 0.371. The van der Waals surface area contributed by atoms with Crippen molar-refractivity contribution in [3.8, 4) is 0 Å². The number of nitrogens with one attached hydrogen (secondary N) is 1. The fourth-order valence-electron chi connectivity index (χ4n) is 3.16. The molecule has 2 aromatic rings. The molecule has 1 atom stereocenters.